The van der Waals surface area contributed by atoms with E-state index in [4.69, 9.17) is 9.97 Å². The zero-order valence-corrected chi connectivity index (χ0v) is 27.1. The average molecular weight is 649 g/mol. The molecule has 48 heavy (non-hydrogen) atoms. The van der Waals surface area contributed by atoms with Gasteiger partial charge in [0.05, 0.1) is 28.1 Å². The summed E-state index contributed by atoms with van der Waals surface area (Å²) >= 11 is 3.67. The van der Waals surface area contributed by atoms with E-state index in [1.165, 1.54) is 57.3 Å². The molecule has 4 nitrogen and oxygen atoms in total. The number of hydrogen-bond donors (Lipinski definition) is 0. The van der Waals surface area contributed by atoms with Crippen LogP contribution in [0.25, 0.3) is 87.2 Å². The van der Waals surface area contributed by atoms with E-state index in [0.29, 0.717) is 5.95 Å². The molecule has 0 atom stereocenters. The fourth-order valence-electron chi connectivity index (χ4n) is 7.51. The average Bonchev–Trinajstić information content (AvgIpc) is 3.81. The number of rotatable bonds is 3. The topological polar surface area (TPSA) is 35.6 Å². The van der Waals surface area contributed by atoms with E-state index in [9.17, 15) is 0 Å². The highest BCUT2D eigenvalue weighted by atomic mass is 32.2. The van der Waals surface area contributed by atoms with Crippen LogP contribution < -0.4 is 0 Å². The maximum absolute atomic E-state index is 5.47. The van der Waals surface area contributed by atoms with Gasteiger partial charge in [-0.3, -0.25) is 9.13 Å². The third kappa shape index (κ3) is 3.61. The summed E-state index contributed by atoms with van der Waals surface area (Å²) in [5.74, 6) is 0.659. The molecule has 0 bridgehead atoms. The van der Waals surface area contributed by atoms with Crippen molar-refractivity contribution in [2.45, 2.75) is 9.79 Å². The van der Waals surface area contributed by atoms with Crippen molar-refractivity contribution in [3.63, 3.8) is 0 Å². The Morgan fingerprint density at radius 1 is 0.521 bits per heavy atom. The van der Waals surface area contributed by atoms with Crippen molar-refractivity contribution in [3.05, 3.63) is 146 Å². The van der Waals surface area contributed by atoms with E-state index >= 15 is 0 Å². The van der Waals surface area contributed by atoms with Crippen LogP contribution in [-0.2, 0) is 0 Å². The summed E-state index contributed by atoms with van der Waals surface area (Å²) in [7, 11) is 0. The molecule has 0 spiro atoms. The lowest BCUT2D eigenvalue weighted by Crippen LogP contribution is -2.08. The monoisotopic (exact) mass is 648 g/mol. The second-order valence-corrected chi connectivity index (χ2v) is 14.3. The van der Waals surface area contributed by atoms with Crippen LogP contribution in [0.2, 0.25) is 0 Å². The minimum absolute atomic E-state index is 0.659. The summed E-state index contributed by atoms with van der Waals surface area (Å²) < 4.78 is 7.25. The quantitative estimate of drug-likeness (QED) is 0.191. The second-order valence-electron chi connectivity index (χ2n) is 12.2. The molecule has 224 valence electrons. The molecule has 4 aromatic heterocycles. The van der Waals surface area contributed by atoms with Gasteiger partial charge in [0, 0.05) is 57.2 Å². The lowest BCUT2D eigenvalue weighted by atomic mass is 10.0. The van der Waals surface area contributed by atoms with Crippen LogP contribution in [-0.4, -0.2) is 19.1 Å². The Kier molecular flexibility index (Phi) is 5.45. The standard InChI is InChI=1S/C42H24N4S2/c1-2-12-25(13-3-1)31-24-32(28-17-10-16-27-26-14-5-8-21-35(26)48-40(27)28)44-42(43-31)46-33-19-6-4-15-29(33)38-30-18-11-23-37-39(30)45(41(38)46)34-20-7-9-22-36(34)47-37/h1-24H. The van der Waals surface area contributed by atoms with Gasteiger partial charge in [0.25, 0.3) is 0 Å². The third-order valence-electron chi connectivity index (χ3n) is 9.54. The van der Waals surface area contributed by atoms with Gasteiger partial charge in [-0.15, -0.1) is 11.3 Å². The van der Waals surface area contributed by atoms with E-state index in [1.807, 2.05) is 23.1 Å². The minimum Gasteiger partial charge on any atom is -0.293 e. The highest BCUT2D eigenvalue weighted by Crippen LogP contribution is 2.49. The van der Waals surface area contributed by atoms with Crippen LogP contribution >= 0.6 is 23.1 Å². The zero-order chi connectivity index (χ0) is 31.3. The first kappa shape index (κ1) is 26.4. The number of aromatic nitrogens is 4. The Hall–Kier alpha value is -5.69. The molecule has 1 aliphatic heterocycles. The first-order valence-electron chi connectivity index (χ1n) is 16.0. The lowest BCUT2D eigenvalue weighted by molar-refractivity contribution is 0.954. The van der Waals surface area contributed by atoms with Crippen LogP contribution in [0.3, 0.4) is 0 Å². The van der Waals surface area contributed by atoms with Gasteiger partial charge in [-0.25, -0.2) is 9.97 Å². The Morgan fingerprint density at radius 2 is 1.23 bits per heavy atom. The van der Waals surface area contributed by atoms with Crippen LogP contribution in [0.5, 0.6) is 0 Å². The summed E-state index contributed by atoms with van der Waals surface area (Å²) in [5, 5.41) is 6.20. The largest absolute Gasteiger partial charge is 0.293 e. The maximum Gasteiger partial charge on any atom is 0.236 e. The van der Waals surface area contributed by atoms with E-state index in [0.717, 1.165) is 33.7 Å². The van der Waals surface area contributed by atoms with Gasteiger partial charge in [0.1, 0.15) is 5.65 Å². The zero-order valence-electron chi connectivity index (χ0n) is 25.5. The van der Waals surface area contributed by atoms with Gasteiger partial charge in [0.2, 0.25) is 5.95 Å². The molecule has 5 heterocycles. The van der Waals surface area contributed by atoms with Gasteiger partial charge in [-0.1, -0.05) is 121 Å². The lowest BCUT2D eigenvalue weighted by Gasteiger charge is -2.20. The van der Waals surface area contributed by atoms with Crippen molar-refractivity contribution < 1.29 is 0 Å². The Balaban J connectivity index is 1.29. The van der Waals surface area contributed by atoms with E-state index in [1.54, 1.807) is 0 Å². The molecular formula is C42H24N4S2. The fraction of sp³-hybridized carbons (Fsp3) is 0. The predicted octanol–water partition coefficient (Wildman–Crippen LogP) is 11.7. The minimum atomic E-state index is 0.659. The molecule has 0 fully saturated rings. The number of para-hydroxylation sites is 3. The highest BCUT2D eigenvalue weighted by Gasteiger charge is 2.28. The highest BCUT2D eigenvalue weighted by molar-refractivity contribution is 7.99. The molecule has 6 aromatic carbocycles. The van der Waals surface area contributed by atoms with Crippen molar-refractivity contribution in [1.29, 1.82) is 0 Å². The van der Waals surface area contributed by atoms with Gasteiger partial charge >= 0.3 is 0 Å². The van der Waals surface area contributed by atoms with Crippen LogP contribution in [0.4, 0.5) is 0 Å². The summed E-state index contributed by atoms with van der Waals surface area (Å²) in [6.45, 7) is 0. The van der Waals surface area contributed by atoms with E-state index in [2.05, 4.69) is 155 Å². The van der Waals surface area contributed by atoms with Gasteiger partial charge in [-0.2, -0.15) is 0 Å². The number of hydrogen-bond acceptors (Lipinski definition) is 4. The van der Waals surface area contributed by atoms with Crippen LogP contribution in [0.15, 0.2) is 155 Å². The van der Waals surface area contributed by atoms with Crippen molar-refractivity contribution in [1.82, 2.24) is 19.1 Å². The van der Waals surface area contributed by atoms with Crippen molar-refractivity contribution in [2.75, 3.05) is 0 Å². The summed E-state index contributed by atoms with van der Waals surface area (Å²) in [5.41, 5.74) is 8.57. The normalized spacial score (nSPS) is 12.5. The van der Waals surface area contributed by atoms with Gasteiger partial charge in [0.15, 0.2) is 0 Å². The molecule has 0 saturated carbocycles. The first-order chi connectivity index (χ1) is 23.8. The molecule has 1 aliphatic rings. The predicted molar refractivity (Wildman–Crippen MR) is 201 cm³/mol. The van der Waals surface area contributed by atoms with Crippen LogP contribution in [0.1, 0.15) is 0 Å². The molecule has 11 rings (SSSR count). The Labute approximate surface area is 283 Å². The van der Waals surface area contributed by atoms with Crippen molar-refractivity contribution in [2.24, 2.45) is 0 Å². The third-order valence-corrected chi connectivity index (χ3v) is 11.9. The first-order valence-corrected chi connectivity index (χ1v) is 17.6. The summed E-state index contributed by atoms with van der Waals surface area (Å²) in [6.07, 6.45) is 0. The Morgan fingerprint density at radius 3 is 2.17 bits per heavy atom. The van der Waals surface area contributed by atoms with Gasteiger partial charge in [-0.05, 0) is 36.4 Å². The number of nitrogens with zero attached hydrogens (tertiary/aromatic N) is 4. The molecule has 6 heteroatoms. The SMILES string of the molecule is c1ccc(-c2cc(-c3cccc4c3sc3ccccc34)nc(-n3c4ccccc4c4c5cccc6c5n(c43)-c3ccccc3S6)n2)cc1. The van der Waals surface area contributed by atoms with Gasteiger partial charge < -0.3 is 0 Å². The molecule has 0 saturated heterocycles. The molecule has 10 aromatic rings. The smallest absolute Gasteiger partial charge is 0.236 e. The second kappa shape index (κ2) is 9.91. The molecule has 0 aliphatic carbocycles. The fourth-order valence-corrected chi connectivity index (χ4v) is 9.83. The molecule has 0 radical (unpaired) electrons. The Bertz CT molecular complexity index is 2930. The maximum atomic E-state index is 5.47. The number of thiophene rings is 1. The summed E-state index contributed by atoms with van der Waals surface area (Å²) in [6, 6.07) is 52.0. The van der Waals surface area contributed by atoms with Crippen molar-refractivity contribution >= 4 is 76.1 Å². The van der Waals surface area contributed by atoms with E-state index in [-0.39, 0.29) is 0 Å². The van der Waals surface area contributed by atoms with E-state index < -0.39 is 0 Å². The molecular weight excluding hydrogens is 625 g/mol. The molecule has 0 unspecified atom stereocenters. The number of benzene rings is 6. The molecule has 0 amide bonds. The summed E-state index contributed by atoms with van der Waals surface area (Å²) in [4.78, 5) is 13.3. The molecule has 0 N–H and O–H groups in total. The van der Waals surface area contributed by atoms with Crippen LogP contribution in [0, 0.1) is 0 Å². The number of fused-ring (bicyclic) bond motifs is 10. The van der Waals surface area contributed by atoms with Crippen molar-refractivity contribution in [3.8, 4) is 34.2 Å².